The molecular formula is C11H14F4O7S. The van der Waals surface area contributed by atoms with Crippen molar-refractivity contribution in [3.05, 3.63) is 0 Å². The lowest BCUT2D eigenvalue weighted by atomic mass is 10.1. The molecule has 12 heteroatoms. The number of esters is 1. The van der Waals surface area contributed by atoms with E-state index in [4.69, 9.17) is 4.55 Å². The molecule has 0 saturated heterocycles. The minimum atomic E-state index is -6.34. The van der Waals surface area contributed by atoms with Crippen molar-refractivity contribution in [2.75, 3.05) is 6.61 Å². The number of ether oxygens (including phenoxy) is 1. The molecule has 7 nitrogen and oxygen atoms in total. The maximum Gasteiger partial charge on any atom is 0.431 e. The van der Waals surface area contributed by atoms with Gasteiger partial charge in [0.05, 0.1) is 25.9 Å². The van der Waals surface area contributed by atoms with Crippen LogP contribution in [0.2, 0.25) is 0 Å². The second-order valence-corrected chi connectivity index (χ2v) is 6.05. The molecule has 0 rings (SSSR count). The van der Waals surface area contributed by atoms with Gasteiger partial charge < -0.3 is 4.74 Å². The van der Waals surface area contributed by atoms with Crippen LogP contribution >= 0.6 is 0 Å². The predicted molar refractivity (Wildman–Crippen MR) is 66.6 cm³/mol. The van der Waals surface area contributed by atoms with Gasteiger partial charge in [-0.3, -0.25) is 18.9 Å². The smallest absolute Gasteiger partial charge is 0.431 e. The van der Waals surface area contributed by atoms with Crippen molar-refractivity contribution in [1.29, 1.82) is 0 Å². The number of hydrogen-bond acceptors (Lipinski definition) is 6. The second kappa shape index (κ2) is 7.81. The lowest BCUT2D eigenvalue weighted by Crippen LogP contribution is -2.47. The lowest BCUT2D eigenvalue weighted by molar-refractivity contribution is -0.174. The van der Waals surface area contributed by atoms with Crippen molar-refractivity contribution in [2.24, 2.45) is 0 Å². The van der Waals surface area contributed by atoms with Crippen LogP contribution in [0, 0.1) is 0 Å². The average molecular weight is 366 g/mol. The Morgan fingerprint density at radius 1 is 1.09 bits per heavy atom. The fourth-order valence-electron chi connectivity index (χ4n) is 1.31. The van der Waals surface area contributed by atoms with Crippen LogP contribution in [-0.4, -0.2) is 48.3 Å². The fourth-order valence-corrected chi connectivity index (χ4v) is 1.79. The van der Waals surface area contributed by atoms with Crippen molar-refractivity contribution >= 4 is 27.7 Å². The van der Waals surface area contributed by atoms with Crippen molar-refractivity contribution in [1.82, 2.24) is 0 Å². The molecule has 1 N–H and O–H groups in total. The third kappa shape index (κ3) is 6.60. The second-order valence-electron chi connectivity index (χ2n) is 4.58. The largest absolute Gasteiger partial charge is 0.465 e. The van der Waals surface area contributed by atoms with Gasteiger partial charge in [0.2, 0.25) is 0 Å². The molecule has 0 aromatic rings. The summed E-state index contributed by atoms with van der Waals surface area (Å²) in [5, 5.41) is -5.73. The Balaban J connectivity index is 4.37. The minimum Gasteiger partial charge on any atom is -0.465 e. The average Bonchev–Trinajstić information content (AvgIpc) is 2.33. The zero-order chi connectivity index (χ0) is 18.5. The van der Waals surface area contributed by atoms with E-state index in [1.54, 1.807) is 0 Å². The van der Waals surface area contributed by atoms with Gasteiger partial charge in [-0.25, -0.2) is 0 Å². The summed E-state index contributed by atoms with van der Waals surface area (Å²) >= 11 is 0. The minimum absolute atomic E-state index is 0.393. The number of halogens is 4. The quantitative estimate of drug-likeness (QED) is 0.269. The van der Waals surface area contributed by atoms with Crippen LogP contribution in [-0.2, 0) is 29.2 Å². The first-order valence-electron chi connectivity index (χ1n) is 6.10. The molecule has 0 amide bonds. The van der Waals surface area contributed by atoms with Crippen LogP contribution in [0.5, 0.6) is 0 Å². The SMILES string of the molecule is CC(=O)CC(=O)CCC(=O)OCCC(F)(F)C(F)(F)S(=O)(=O)O. The molecule has 0 aromatic carbocycles. The summed E-state index contributed by atoms with van der Waals surface area (Å²) < 4.78 is 84.4. The number of ketones is 2. The van der Waals surface area contributed by atoms with Gasteiger partial charge in [-0.15, -0.1) is 0 Å². The Kier molecular flexibility index (Phi) is 7.28. The summed E-state index contributed by atoms with van der Waals surface area (Å²) in [4.78, 5) is 32.8. The van der Waals surface area contributed by atoms with Crippen LogP contribution in [0.4, 0.5) is 17.6 Å². The van der Waals surface area contributed by atoms with E-state index in [1.807, 2.05) is 0 Å². The van der Waals surface area contributed by atoms with Gasteiger partial charge in [0.15, 0.2) is 0 Å². The highest BCUT2D eigenvalue weighted by Gasteiger charge is 2.65. The first-order chi connectivity index (χ1) is 10.2. The van der Waals surface area contributed by atoms with Gasteiger partial charge in [-0.1, -0.05) is 0 Å². The molecule has 0 aliphatic rings. The van der Waals surface area contributed by atoms with Gasteiger partial charge in [-0.05, 0) is 6.92 Å². The molecule has 0 aliphatic carbocycles. The molecule has 0 atom stereocenters. The normalized spacial score (nSPS) is 12.8. The van der Waals surface area contributed by atoms with E-state index in [9.17, 15) is 40.4 Å². The van der Waals surface area contributed by atoms with Crippen LogP contribution in [0.1, 0.15) is 32.6 Å². The summed E-state index contributed by atoms with van der Waals surface area (Å²) in [6.07, 6.45) is -3.21. The van der Waals surface area contributed by atoms with Crippen molar-refractivity contribution < 1.29 is 49.7 Å². The topological polar surface area (TPSA) is 115 Å². The highest BCUT2D eigenvalue weighted by atomic mass is 32.2. The molecule has 0 aliphatic heterocycles. The van der Waals surface area contributed by atoms with Crippen LogP contribution in [0.25, 0.3) is 0 Å². The predicted octanol–water partition coefficient (Wildman–Crippen LogP) is 1.36. The molecule has 0 heterocycles. The number of alkyl halides is 4. The van der Waals surface area contributed by atoms with Crippen molar-refractivity contribution in [3.8, 4) is 0 Å². The van der Waals surface area contributed by atoms with E-state index in [1.165, 1.54) is 0 Å². The Labute approximate surface area is 128 Å². The van der Waals surface area contributed by atoms with Crippen LogP contribution in [0.15, 0.2) is 0 Å². The highest BCUT2D eigenvalue weighted by molar-refractivity contribution is 7.87. The fraction of sp³-hybridized carbons (Fsp3) is 0.727. The van der Waals surface area contributed by atoms with Crippen LogP contribution < -0.4 is 0 Å². The Morgan fingerprint density at radius 3 is 2.04 bits per heavy atom. The summed E-state index contributed by atoms with van der Waals surface area (Å²) in [6, 6.07) is 0. The van der Waals surface area contributed by atoms with Gasteiger partial charge >= 0.3 is 27.3 Å². The summed E-state index contributed by atoms with van der Waals surface area (Å²) in [7, 11) is -6.34. The Bertz CT molecular complexity index is 571. The number of hydrogen-bond donors (Lipinski definition) is 1. The van der Waals surface area contributed by atoms with E-state index in [0.717, 1.165) is 6.92 Å². The van der Waals surface area contributed by atoms with E-state index < -0.39 is 71.1 Å². The number of rotatable bonds is 10. The molecule has 0 aromatic heterocycles. The number of carbonyl (C=O) groups is 3. The zero-order valence-electron chi connectivity index (χ0n) is 11.9. The van der Waals surface area contributed by atoms with Gasteiger partial charge in [0.1, 0.15) is 11.6 Å². The van der Waals surface area contributed by atoms with Crippen molar-refractivity contribution in [2.45, 2.75) is 43.8 Å². The standard InChI is InChI=1S/C11H14F4O7S/c1-7(16)6-8(17)2-3-9(18)22-5-4-10(12,13)11(14,15)23(19,20)21/h2-6H2,1H3,(H,19,20,21). The maximum absolute atomic E-state index is 13.0. The Morgan fingerprint density at radius 2 is 1.61 bits per heavy atom. The molecular weight excluding hydrogens is 352 g/mol. The Hall–Kier alpha value is -1.56. The molecule has 0 fully saturated rings. The van der Waals surface area contributed by atoms with Gasteiger partial charge in [-0.2, -0.15) is 26.0 Å². The first kappa shape index (κ1) is 21.4. The molecule has 0 bridgehead atoms. The monoisotopic (exact) mass is 366 g/mol. The maximum atomic E-state index is 13.0. The zero-order valence-corrected chi connectivity index (χ0v) is 12.7. The third-order valence-corrected chi connectivity index (χ3v) is 3.43. The molecule has 0 spiro atoms. The van der Waals surface area contributed by atoms with Gasteiger partial charge in [0, 0.05) is 6.42 Å². The van der Waals surface area contributed by atoms with E-state index >= 15 is 0 Å². The van der Waals surface area contributed by atoms with Crippen molar-refractivity contribution in [3.63, 3.8) is 0 Å². The molecule has 134 valence electrons. The summed E-state index contributed by atoms with van der Waals surface area (Å²) in [5.41, 5.74) is 0. The molecule has 23 heavy (non-hydrogen) atoms. The lowest BCUT2D eigenvalue weighted by Gasteiger charge is -2.23. The van der Waals surface area contributed by atoms with Crippen LogP contribution in [0.3, 0.4) is 0 Å². The van der Waals surface area contributed by atoms with E-state index in [-0.39, 0.29) is 0 Å². The third-order valence-electron chi connectivity index (χ3n) is 2.48. The summed E-state index contributed by atoms with van der Waals surface area (Å²) in [5.74, 6) is -7.34. The van der Waals surface area contributed by atoms with E-state index in [0.29, 0.717) is 0 Å². The first-order valence-corrected chi connectivity index (χ1v) is 7.54. The highest BCUT2D eigenvalue weighted by Crippen LogP contribution is 2.40. The molecule has 0 saturated carbocycles. The molecule has 0 unspecified atom stereocenters. The summed E-state index contributed by atoms with van der Waals surface area (Å²) in [6.45, 7) is -0.106. The number of Topliss-reactive ketones (excluding diaryl/α,β-unsaturated/α-hetero) is 2. The van der Waals surface area contributed by atoms with Gasteiger partial charge in [0.25, 0.3) is 0 Å². The molecule has 0 radical (unpaired) electrons. The van der Waals surface area contributed by atoms with E-state index in [2.05, 4.69) is 4.74 Å². The number of carbonyl (C=O) groups excluding carboxylic acids is 3.